The third kappa shape index (κ3) is 6.29. The maximum absolute atomic E-state index is 12.5. The molecule has 5 N–H and O–H groups in total. The number of H-pyrrole nitrogens is 1. The molecule has 1 fully saturated rings. The summed E-state index contributed by atoms with van der Waals surface area (Å²) in [6.45, 7) is 1.10. The summed E-state index contributed by atoms with van der Waals surface area (Å²) in [5.74, 6) is -0.175. The lowest BCUT2D eigenvalue weighted by atomic mass is 9.97. The van der Waals surface area contributed by atoms with Gasteiger partial charge >= 0.3 is 5.97 Å². The predicted octanol–water partition coefficient (Wildman–Crippen LogP) is 3.46. The SMILES string of the molecule is N=Cc1nc(NCc2ccc(Cl)c(Cl)c2)[nH]c(=O)c1CCCCC1CNC(C(=O)O)C1. The number of carbonyl (C=O) groups is 1. The zero-order valence-electron chi connectivity index (χ0n) is 16.9. The summed E-state index contributed by atoms with van der Waals surface area (Å²) in [4.78, 5) is 30.6. The quantitative estimate of drug-likeness (QED) is 0.269. The van der Waals surface area contributed by atoms with E-state index in [4.69, 9.17) is 33.7 Å². The Balaban J connectivity index is 1.54. The van der Waals surface area contributed by atoms with Gasteiger partial charge in [-0.05, 0) is 55.8 Å². The molecule has 2 atom stereocenters. The molecule has 8 nitrogen and oxygen atoms in total. The minimum atomic E-state index is -0.802. The van der Waals surface area contributed by atoms with Crippen molar-refractivity contribution >= 4 is 41.3 Å². The van der Waals surface area contributed by atoms with Gasteiger partial charge in [-0.1, -0.05) is 35.7 Å². The summed E-state index contributed by atoms with van der Waals surface area (Å²) in [5, 5.41) is 23.7. The van der Waals surface area contributed by atoms with Crippen LogP contribution in [0, 0.1) is 11.3 Å². The Morgan fingerprint density at radius 3 is 2.81 bits per heavy atom. The molecule has 1 aliphatic rings. The Bertz CT molecular complexity index is 1010. The zero-order valence-corrected chi connectivity index (χ0v) is 18.4. The van der Waals surface area contributed by atoms with Crippen LogP contribution in [0.1, 0.15) is 42.5 Å². The van der Waals surface area contributed by atoms with E-state index in [1.807, 2.05) is 6.07 Å². The highest BCUT2D eigenvalue weighted by molar-refractivity contribution is 6.42. The largest absolute Gasteiger partial charge is 0.480 e. The first-order chi connectivity index (χ1) is 14.9. The summed E-state index contributed by atoms with van der Waals surface area (Å²) >= 11 is 11.9. The van der Waals surface area contributed by atoms with Gasteiger partial charge in [-0.15, -0.1) is 0 Å². The highest BCUT2D eigenvalue weighted by atomic mass is 35.5. The van der Waals surface area contributed by atoms with Gasteiger partial charge in [-0.2, -0.15) is 0 Å². The lowest BCUT2D eigenvalue weighted by molar-refractivity contribution is -0.139. The number of hydrogen-bond acceptors (Lipinski definition) is 6. The van der Waals surface area contributed by atoms with Crippen LogP contribution in [-0.2, 0) is 17.8 Å². The highest BCUT2D eigenvalue weighted by Gasteiger charge is 2.28. The summed E-state index contributed by atoms with van der Waals surface area (Å²) in [5.41, 5.74) is 1.44. The molecule has 166 valence electrons. The van der Waals surface area contributed by atoms with Crippen molar-refractivity contribution in [2.24, 2.45) is 5.92 Å². The molecular weight excluding hydrogens is 441 g/mol. The Morgan fingerprint density at radius 1 is 1.32 bits per heavy atom. The number of halogens is 2. The smallest absolute Gasteiger partial charge is 0.320 e. The van der Waals surface area contributed by atoms with Gasteiger partial charge < -0.3 is 21.1 Å². The molecule has 1 aromatic heterocycles. The molecule has 0 amide bonds. The van der Waals surface area contributed by atoms with Crippen LogP contribution in [0.3, 0.4) is 0 Å². The first-order valence-electron chi connectivity index (χ1n) is 10.1. The van der Waals surface area contributed by atoms with Crippen LogP contribution in [0.5, 0.6) is 0 Å². The average Bonchev–Trinajstić information content (AvgIpc) is 3.22. The van der Waals surface area contributed by atoms with Crippen LogP contribution in [-0.4, -0.2) is 39.8 Å². The third-order valence-corrected chi connectivity index (χ3v) is 6.18. The standard InChI is InChI=1S/C21H25Cl2N5O3/c22-15-6-5-13(7-16(15)23)11-26-21-27-18(9-24)14(19(29)28-21)4-2-1-3-12-8-17(20(30)31)25-10-12/h5-7,9,12,17,24-25H,1-4,8,10-11H2,(H,30,31)(H2,26,27,28,29). The second-order valence-corrected chi connectivity index (χ2v) is 8.49. The van der Waals surface area contributed by atoms with E-state index in [0.717, 1.165) is 31.0 Å². The lowest BCUT2D eigenvalue weighted by Gasteiger charge is -2.11. The first kappa shape index (κ1) is 23.2. The molecule has 0 aliphatic carbocycles. The monoisotopic (exact) mass is 465 g/mol. The molecule has 0 spiro atoms. The number of aromatic nitrogens is 2. The zero-order chi connectivity index (χ0) is 22.4. The van der Waals surface area contributed by atoms with Crippen molar-refractivity contribution < 1.29 is 9.90 Å². The van der Waals surface area contributed by atoms with E-state index in [2.05, 4.69) is 20.6 Å². The van der Waals surface area contributed by atoms with E-state index < -0.39 is 12.0 Å². The summed E-state index contributed by atoms with van der Waals surface area (Å²) in [6, 6.07) is 4.81. The Kier molecular flexibility index (Phi) is 8.06. The van der Waals surface area contributed by atoms with Crippen molar-refractivity contribution in [1.82, 2.24) is 15.3 Å². The van der Waals surface area contributed by atoms with Gasteiger partial charge in [0.05, 0.1) is 15.7 Å². The predicted molar refractivity (Wildman–Crippen MR) is 122 cm³/mol. The number of aliphatic carboxylic acids is 1. The van der Waals surface area contributed by atoms with Gasteiger partial charge in [0, 0.05) is 18.3 Å². The Hall–Kier alpha value is -2.42. The fourth-order valence-electron chi connectivity index (χ4n) is 3.75. The van der Waals surface area contributed by atoms with E-state index in [-0.39, 0.29) is 11.5 Å². The number of carboxylic acids is 1. The molecule has 0 bridgehead atoms. The van der Waals surface area contributed by atoms with Gasteiger partial charge in [0.25, 0.3) is 5.56 Å². The van der Waals surface area contributed by atoms with Crippen molar-refractivity contribution in [1.29, 1.82) is 5.41 Å². The summed E-state index contributed by atoms with van der Waals surface area (Å²) < 4.78 is 0. The first-order valence-corrected chi connectivity index (χ1v) is 10.9. The van der Waals surface area contributed by atoms with E-state index in [9.17, 15) is 9.59 Å². The third-order valence-electron chi connectivity index (χ3n) is 5.44. The average molecular weight is 466 g/mol. The molecule has 2 aromatic rings. The van der Waals surface area contributed by atoms with Crippen LogP contribution >= 0.6 is 23.2 Å². The molecule has 1 saturated heterocycles. The topological polar surface area (TPSA) is 131 Å². The van der Waals surface area contributed by atoms with Gasteiger partial charge in [-0.25, -0.2) is 4.98 Å². The molecule has 31 heavy (non-hydrogen) atoms. The van der Waals surface area contributed by atoms with Gasteiger partial charge in [-0.3, -0.25) is 14.6 Å². The van der Waals surface area contributed by atoms with Crippen LogP contribution in [0.2, 0.25) is 10.0 Å². The van der Waals surface area contributed by atoms with E-state index in [1.54, 1.807) is 12.1 Å². The second kappa shape index (κ2) is 10.7. The van der Waals surface area contributed by atoms with Crippen molar-refractivity contribution in [2.75, 3.05) is 11.9 Å². The number of anilines is 1. The van der Waals surface area contributed by atoms with Crippen molar-refractivity contribution in [2.45, 2.75) is 44.7 Å². The van der Waals surface area contributed by atoms with E-state index in [0.29, 0.717) is 53.2 Å². The number of unbranched alkanes of at least 4 members (excludes halogenated alkanes) is 1. The number of hydrogen-bond donors (Lipinski definition) is 5. The van der Waals surface area contributed by atoms with Crippen LogP contribution in [0.15, 0.2) is 23.0 Å². The second-order valence-electron chi connectivity index (χ2n) is 7.67. The number of nitrogens with zero attached hydrogens (tertiary/aromatic N) is 1. The molecule has 10 heteroatoms. The van der Waals surface area contributed by atoms with Crippen LogP contribution < -0.4 is 16.2 Å². The number of rotatable bonds is 10. The molecule has 1 aromatic carbocycles. The number of benzene rings is 1. The number of carboxylic acid groups (broad SMARTS) is 1. The molecule has 0 saturated carbocycles. The Labute approximate surface area is 189 Å². The number of nitrogens with one attached hydrogen (secondary N) is 4. The highest BCUT2D eigenvalue weighted by Crippen LogP contribution is 2.23. The minimum Gasteiger partial charge on any atom is -0.480 e. The van der Waals surface area contributed by atoms with Crippen LogP contribution in [0.25, 0.3) is 0 Å². The molecule has 2 heterocycles. The minimum absolute atomic E-state index is 0.265. The van der Waals surface area contributed by atoms with Crippen molar-refractivity contribution in [3.63, 3.8) is 0 Å². The van der Waals surface area contributed by atoms with Gasteiger partial charge in [0.1, 0.15) is 6.04 Å². The van der Waals surface area contributed by atoms with Gasteiger partial charge in [0.2, 0.25) is 5.95 Å². The summed E-state index contributed by atoms with van der Waals surface area (Å²) in [7, 11) is 0. The van der Waals surface area contributed by atoms with Crippen molar-refractivity contribution in [3.05, 3.63) is 55.4 Å². The van der Waals surface area contributed by atoms with Gasteiger partial charge in [0.15, 0.2) is 0 Å². The normalized spacial score (nSPS) is 18.1. The van der Waals surface area contributed by atoms with E-state index in [1.165, 1.54) is 0 Å². The lowest BCUT2D eigenvalue weighted by Crippen LogP contribution is -2.29. The molecular formula is C21H25Cl2N5O3. The maximum atomic E-state index is 12.5. The van der Waals surface area contributed by atoms with E-state index >= 15 is 0 Å². The fourth-order valence-corrected chi connectivity index (χ4v) is 4.07. The maximum Gasteiger partial charge on any atom is 0.320 e. The molecule has 3 rings (SSSR count). The number of aromatic amines is 1. The Morgan fingerprint density at radius 2 is 2.13 bits per heavy atom. The molecule has 1 aliphatic heterocycles. The molecule has 0 radical (unpaired) electrons. The van der Waals surface area contributed by atoms with Crippen LogP contribution in [0.4, 0.5) is 5.95 Å². The fraction of sp³-hybridized carbons (Fsp3) is 0.429. The van der Waals surface area contributed by atoms with Crippen molar-refractivity contribution in [3.8, 4) is 0 Å². The molecule has 2 unspecified atom stereocenters. The summed E-state index contributed by atoms with van der Waals surface area (Å²) in [6.07, 6.45) is 4.81.